The van der Waals surface area contributed by atoms with Gasteiger partial charge in [-0.25, -0.2) is 4.98 Å². The molecule has 3 aromatic rings. The summed E-state index contributed by atoms with van der Waals surface area (Å²) >= 11 is 1.51. The number of nitrogens with zero attached hydrogens (tertiary/aromatic N) is 2. The van der Waals surface area contributed by atoms with Crippen molar-refractivity contribution in [2.75, 3.05) is 11.9 Å². The lowest BCUT2D eigenvalue weighted by Gasteiger charge is -2.21. The molecule has 0 aliphatic carbocycles. The monoisotopic (exact) mass is 364 g/mol. The van der Waals surface area contributed by atoms with Gasteiger partial charge in [0.1, 0.15) is 0 Å². The molecule has 134 valence electrons. The predicted octanol–water partition coefficient (Wildman–Crippen LogP) is 5.30. The van der Waals surface area contributed by atoms with Gasteiger partial charge in [-0.05, 0) is 63.1 Å². The molecule has 0 unspecified atom stereocenters. The van der Waals surface area contributed by atoms with E-state index in [-0.39, 0.29) is 11.2 Å². The minimum absolute atomic E-state index is 0.0707. The van der Waals surface area contributed by atoms with Crippen LogP contribution in [-0.2, 0) is 4.79 Å². The summed E-state index contributed by atoms with van der Waals surface area (Å²) in [5.74, 6) is 0.0707. The number of carbonyl (C=O) groups is 1. The maximum Gasteiger partial charge on any atom is 0.239 e. The second-order valence-electron chi connectivity index (χ2n) is 6.75. The van der Waals surface area contributed by atoms with Gasteiger partial charge >= 0.3 is 0 Å². The quantitative estimate of drug-likeness (QED) is 0.589. The molecule has 0 aliphatic heterocycles. The lowest BCUT2D eigenvalue weighted by molar-refractivity contribution is -0.117. The highest BCUT2D eigenvalue weighted by atomic mass is 32.2. The van der Waals surface area contributed by atoms with Gasteiger partial charge in [0.05, 0.1) is 15.8 Å². The van der Waals surface area contributed by atoms with Crippen LogP contribution in [0, 0.1) is 20.8 Å². The minimum Gasteiger partial charge on any atom is -0.315 e. The number of para-hydroxylation sites is 1. The second-order valence-corrected chi connectivity index (χ2v) is 8.11. The van der Waals surface area contributed by atoms with Crippen molar-refractivity contribution in [3.05, 3.63) is 65.2 Å². The van der Waals surface area contributed by atoms with Crippen molar-refractivity contribution < 1.29 is 4.79 Å². The van der Waals surface area contributed by atoms with Crippen molar-refractivity contribution in [3.63, 3.8) is 0 Å². The average Bonchev–Trinajstić information content (AvgIpc) is 2.62. The molecule has 0 aliphatic rings. The van der Waals surface area contributed by atoms with E-state index in [0.29, 0.717) is 0 Å². The molecule has 0 N–H and O–H groups in total. The number of fused-ring (bicyclic) bond motifs is 1. The number of anilines is 1. The third kappa shape index (κ3) is 3.75. The summed E-state index contributed by atoms with van der Waals surface area (Å²) < 4.78 is 0. The number of pyridine rings is 1. The van der Waals surface area contributed by atoms with Crippen LogP contribution in [0.5, 0.6) is 0 Å². The predicted molar refractivity (Wildman–Crippen MR) is 111 cm³/mol. The fraction of sp³-hybridized carbons (Fsp3) is 0.273. The zero-order chi connectivity index (χ0) is 18.8. The Balaban J connectivity index is 1.85. The molecule has 0 fully saturated rings. The lowest BCUT2D eigenvalue weighted by Crippen LogP contribution is -2.33. The molecular weight excluding hydrogens is 340 g/mol. The molecule has 0 spiro atoms. The number of amides is 1. The molecule has 4 heteroatoms. The number of hydrogen-bond acceptors (Lipinski definition) is 3. The summed E-state index contributed by atoms with van der Waals surface area (Å²) in [5, 5.41) is 1.87. The number of aryl methyl sites for hydroxylation is 3. The molecule has 3 rings (SSSR count). The van der Waals surface area contributed by atoms with Crippen LogP contribution in [0.3, 0.4) is 0 Å². The Morgan fingerprint density at radius 3 is 2.42 bits per heavy atom. The second kappa shape index (κ2) is 7.50. The van der Waals surface area contributed by atoms with Crippen LogP contribution in [-0.4, -0.2) is 23.2 Å². The Labute approximate surface area is 159 Å². The SMILES string of the molecule is Cc1cc(C)c2nc(S[C@H](C)C(=O)N(C)c3ccccc3)cc(C)c2c1. The number of benzene rings is 2. The van der Waals surface area contributed by atoms with Crippen molar-refractivity contribution in [2.24, 2.45) is 0 Å². The number of thioether (sulfide) groups is 1. The number of aromatic nitrogens is 1. The van der Waals surface area contributed by atoms with Crippen LogP contribution in [0.2, 0.25) is 0 Å². The van der Waals surface area contributed by atoms with Gasteiger partial charge in [-0.15, -0.1) is 0 Å². The van der Waals surface area contributed by atoms with E-state index in [4.69, 9.17) is 4.98 Å². The molecule has 26 heavy (non-hydrogen) atoms. The van der Waals surface area contributed by atoms with E-state index in [0.717, 1.165) is 16.2 Å². The summed E-state index contributed by atoms with van der Waals surface area (Å²) in [5.41, 5.74) is 5.53. The van der Waals surface area contributed by atoms with E-state index in [2.05, 4.69) is 39.0 Å². The Kier molecular flexibility index (Phi) is 5.33. The molecule has 2 aromatic carbocycles. The van der Waals surface area contributed by atoms with Gasteiger partial charge in [0.15, 0.2) is 0 Å². The minimum atomic E-state index is -0.213. The standard InChI is InChI=1S/C22H24N2OS/c1-14-11-16(3)21-19(12-14)15(2)13-20(23-21)26-17(4)22(25)24(5)18-9-7-6-8-10-18/h6-13,17H,1-5H3/t17-/m1/s1. The first-order valence-electron chi connectivity index (χ1n) is 8.74. The van der Waals surface area contributed by atoms with E-state index in [9.17, 15) is 4.79 Å². The Bertz CT molecular complexity index is 953. The number of hydrogen-bond donors (Lipinski definition) is 0. The molecule has 0 saturated carbocycles. The Morgan fingerprint density at radius 1 is 1.04 bits per heavy atom. The van der Waals surface area contributed by atoms with Gasteiger partial charge in [-0.2, -0.15) is 0 Å². The fourth-order valence-electron chi connectivity index (χ4n) is 3.16. The van der Waals surface area contributed by atoms with E-state index in [1.54, 1.807) is 4.90 Å². The molecule has 0 bridgehead atoms. The largest absolute Gasteiger partial charge is 0.315 e. The van der Waals surface area contributed by atoms with Crippen molar-refractivity contribution in [2.45, 2.75) is 38.0 Å². The number of carbonyl (C=O) groups excluding carboxylic acids is 1. The number of rotatable bonds is 4. The fourth-order valence-corrected chi connectivity index (χ4v) is 4.17. The Hall–Kier alpha value is -2.33. The van der Waals surface area contributed by atoms with Gasteiger partial charge in [-0.3, -0.25) is 4.79 Å². The summed E-state index contributed by atoms with van der Waals surface area (Å²) in [6, 6.07) is 16.1. The van der Waals surface area contributed by atoms with Crippen LogP contribution in [0.15, 0.2) is 53.6 Å². The highest BCUT2D eigenvalue weighted by molar-refractivity contribution is 8.00. The highest BCUT2D eigenvalue weighted by Crippen LogP contribution is 2.30. The highest BCUT2D eigenvalue weighted by Gasteiger charge is 2.21. The lowest BCUT2D eigenvalue weighted by atomic mass is 10.0. The van der Waals surface area contributed by atoms with Gasteiger partial charge in [0.25, 0.3) is 0 Å². The van der Waals surface area contributed by atoms with Gasteiger partial charge in [0.2, 0.25) is 5.91 Å². The zero-order valence-corrected chi connectivity index (χ0v) is 16.7. The molecule has 3 nitrogen and oxygen atoms in total. The van der Waals surface area contributed by atoms with Crippen LogP contribution < -0.4 is 4.90 Å². The van der Waals surface area contributed by atoms with Crippen LogP contribution >= 0.6 is 11.8 Å². The smallest absolute Gasteiger partial charge is 0.239 e. The maximum atomic E-state index is 12.8. The molecule has 0 radical (unpaired) electrons. The van der Waals surface area contributed by atoms with Crippen molar-refractivity contribution >= 4 is 34.3 Å². The molecule has 1 heterocycles. The van der Waals surface area contributed by atoms with Crippen molar-refractivity contribution in [1.29, 1.82) is 0 Å². The first kappa shape index (κ1) is 18.5. The maximum absolute atomic E-state index is 12.8. The average molecular weight is 365 g/mol. The third-order valence-electron chi connectivity index (χ3n) is 4.55. The van der Waals surface area contributed by atoms with Crippen molar-refractivity contribution in [3.8, 4) is 0 Å². The van der Waals surface area contributed by atoms with Crippen LogP contribution in [0.4, 0.5) is 5.69 Å². The molecule has 1 aromatic heterocycles. The summed E-state index contributed by atoms with van der Waals surface area (Å²) in [6.07, 6.45) is 0. The first-order chi connectivity index (χ1) is 12.4. The van der Waals surface area contributed by atoms with Crippen LogP contribution in [0.25, 0.3) is 10.9 Å². The van der Waals surface area contributed by atoms with Gasteiger partial charge in [0, 0.05) is 18.1 Å². The van der Waals surface area contributed by atoms with E-state index < -0.39 is 0 Å². The third-order valence-corrected chi connectivity index (χ3v) is 5.56. The topological polar surface area (TPSA) is 33.2 Å². The van der Waals surface area contributed by atoms with E-state index >= 15 is 0 Å². The summed E-state index contributed by atoms with van der Waals surface area (Å²) in [6.45, 7) is 8.24. The zero-order valence-electron chi connectivity index (χ0n) is 15.9. The summed E-state index contributed by atoms with van der Waals surface area (Å²) in [4.78, 5) is 19.3. The van der Waals surface area contributed by atoms with Crippen molar-refractivity contribution in [1.82, 2.24) is 4.98 Å². The van der Waals surface area contributed by atoms with E-state index in [1.807, 2.05) is 44.3 Å². The normalized spacial score (nSPS) is 12.2. The van der Waals surface area contributed by atoms with Crippen LogP contribution in [0.1, 0.15) is 23.6 Å². The first-order valence-corrected chi connectivity index (χ1v) is 9.62. The molecular formula is C22H24N2OS. The van der Waals surface area contributed by atoms with E-state index in [1.165, 1.54) is 33.8 Å². The molecule has 0 saturated heterocycles. The van der Waals surface area contributed by atoms with Gasteiger partial charge in [-0.1, -0.05) is 41.6 Å². The molecule has 1 atom stereocenters. The Morgan fingerprint density at radius 2 is 1.73 bits per heavy atom. The molecule has 1 amide bonds. The summed E-state index contributed by atoms with van der Waals surface area (Å²) in [7, 11) is 1.82. The van der Waals surface area contributed by atoms with Gasteiger partial charge < -0.3 is 4.90 Å².